The highest BCUT2D eigenvalue weighted by Gasteiger charge is 2.26. The second kappa shape index (κ2) is 7.11. The highest BCUT2D eigenvalue weighted by atomic mass is 35.5. The minimum Gasteiger partial charge on any atom is -0.369 e. The first kappa shape index (κ1) is 16.6. The van der Waals surface area contributed by atoms with Crippen molar-refractivity contribution in [3.05, 3.63) is 35.5 Å². The number of nitrogens with two attached hydrogens (primary N) is 1. The molecule has 0 saturated carbocycles. The lowest BCUT2D eigenvalue weighted by Gasteiger charge is -2.39. The van der Waals surface area contributed by atoms with Gasteiger partial charge in [0.05, 0.1) is 18.4 Å². The molecule has 0 radical (unpaired) electrons. The van der Waals surface area contributed by atoms with Crippen LogP contribution in [0.4, 0.5) is 5.95 Å². The number of anilines is 1. The van der Waals surface area contributed by atoms with E-state index in [9.17, 15) is 4.79 Å². The van der Waals surface area contributed by atoms with Crippen molar-refractivity contribution in [2.24, 2.45) is 5.73 Å². The lowest BCUT2D eigenvalue weighted by atomic mass is 10.1. The number of rotatable bonds is 4. The molecule has 2 N–H and O–H groups in total. The van der Waals surface area contributed by atoms with Gasteiger partial charge in [-0.25, -0.2) is 4.98 Å². The summed E-state index contributed by atoms with van der Waals surface area (Å²) in [6.07, 6.45) is 1.64. The molecular weight excluding hydrogens is 328 g/mol. The molecule has 1 amide bonds. The van der Waals surface area contributed by atoms with Crippen LogP contribution in [0.3, 0.4) is 0 Å². The first-order chi connectivity index (χ1) is 11.5. The van der Waals surface area contributed by atoms with Crippen LogP contribution in [-0.2, 0) is 4.79 Å². The van der Waals surface area contributed by atoms with Crippen molar-refractivity contribution in [2.45, 2.75) is 13.0 Å². The fraction of sp³-hybridized carbons (Fsp3) is 0.375. The average Bonchev–Trinajstić information content (AvgIpc) is 2.57. The maximum absolute atomic E-state index is 11.1. The van der Waals surface area contributed by atoms with Crippen molar-refractivity contribution in [3.63, 3.8) is 0 Å². The van der Waals surface area contributed by atoms with E-state index in [1.807, 2.05) is 24.3 Å². The van der Waals surface area contributed by atoms with E-state index in [1.54, 1.807) is 6.20 Å². The summed E-state index contributed by atoms with van der Waals surface area (Å²) in [4.78, 5) is 19.9. The summed E-state index contributed by atoms with van der Waals surface area (Å²) >= 11 is 5.92. The molecule has 0 spiro atoms. The number of piperazine rings is 1. The van der Waals surface area contributed by atoms with E-state index in [0.717, 1.165) is 30.9 Å². The maximum Gasteiger partial charge on any atom is 0.246 e. The highest BCUT2D eigenvalue weighted by Crippen LogP contribution is 2.21. The summed E-state index contributed by atoms with van der Waals surface area (Å²) in [5, 5.41) is 8.91. The fourth-order valence-electron chi connectivity index (χ4n) is 2.80. The summed E-state index contributed by atoms with van der Waals surface area (Å²) in [6, 6.07) is 7.65. The molecule has 3 rings (SSSR count). The van der Waals surface area contributed by atoms with E-state index < -0.39 is 0 Å². The van der Waals surface area contributed by atoms with Crippen molar-refractivity contribution < 1.29 is 4.79 Å². The van der Waals surface area contributed by atoms with Gasteiger partial charge in [0.2, 0.25) is 11.9 Å². The van der Waals surface area contributed by atoms with Crippen LogP contribution >= 0.6 is 11.6 Å². The standard InChI is InChI=1S/C16H19ClN6O/c1-11-9-23(7-6-22(11)10-15(18)24)16-20-14(8-19-21-16)12-2-4-13(17)5-3-12/h2-5,8,11H,6-7,9-10H2,1H3,(H2,18,24)/t11-/m1/s1. The van der Waals surface area contributed by atoms with E-state index in [4.69, 9.17) is 17.3 Å². The Balaban J connectivity index is 1.75. The van der Waals surface area contributed by atoms with Gasteiger partial charge in [0, 0.05) is 36.3 Å². The largest absolute Gasteiger partial charge is 0.369 e. The number of carbonyl (C=O) groups excluding carboxylic acids is 1. The molecule has 0 bridgehead atoms. The monoisotopic (exact) mass is 346 g/mol. The predicted molar refractivity (Wildman–Crippen MR) is 92.7 cm³/mol. The molecule has 126 valence electrons. The number of halogens is 1. The van der Waals surface area contributed by atoms with Gasteiger partial charge in [0.25, 0.3) is 0 Å². The van der Waals surface area contributed by atoms with E-state index in [0.29, 0.717) is 11.0 Å². The van der Waals surface area contributed by atoms with Gasteiger partial charge in [-0.2, -0.15) is 5.10 Å². The molecule has 7 nitrogen and oxygen atoms in total. The molecule has 1 aromatic carbocycles. The summed E-state index contributed by atoms with van der Waals surface area (Å²) in [7, 11) is 0. The van der Waals surface area contributed by atoms with Crippen molar-refractivity contribution in [3.8, 4) is 11.3 Å². The number of amides is 1. The first-order valence-electron chi connectivity index (χ1n) is 7.76. The molecule has 2 heterocycles. The van der Waals surface area contributed by atoms with Gasteiger partial charge in [-0.05, 0) is 19.1 Å². The summed E-state index contributed by atoms with van der Waals surface area (Å²) in [5.74, 6) is 0.283. The van der Waals surface area contributed by atoms with E-state index in [1.165, 1.54) is 0 Å². The molecule has 24 heavy (non-hydrogen) atoms. The fourth-order valence-corrected chi connectivity index (χ4v) is 2.93. The van der Waals surface area contributed by atoms with Crippen LogP contribution in [0.25, 0.3) is 11.3 Å². The Kier molecular flexibility index (Phi) is 4.92. The van der Waals surface area contributed by atoms with Crippen LogP contribution in [-0.4, -0.2) is 58.2 Å². The number of aromatic nitrogens is 3. The zero-order chi connectivity index (χ0) is 17.1. The molecule has 1 aromatic heterocycles. The minimum atomic E-state index is -0.307. The van der Waals surface area contributed by atoms with Crippen LogP contribution in [0.2, 0.25) is 5.02 Å². The Labute approximate surface area is 145 Å². The molecule has 1 aliphatic heterocycles. The second-order valence-corrected chi connectivity index (χ2v) is 6.32. The Morgan fingerprint density at radius 1 is 1.33 bits per heavy atom. The van der Waals surface area contributed by atoms with Gasteiger partial charge in [-0.15, -0.1) is 5.10 Å². The smallest absolute Gasteiger partial charge is 0.246 e. The number of hydrogen-bond acceptors (Lipinski definition) is 6. The third-order valence-electron chi connectivity index (χ3n) is 4.09. The number of hydrogen-bond donors (Lipinski definition) is 1. The second-order valence-electron chi connectivity index (χ2n) is 5.88. The average molecular weight is 347 g/mol. The van der Waals surface area contributed by atoms with Crippen LogP contribution in [0.1, 0.15) is 6.92 Å². The van der Waals surface area contributed by atoms with Crippen molar-refractivity contribution >= 4 is 23.5 Å². The van der Waals surface area contributed by atoms with Crippen LogP contribution < -0.4 is 10.6 Å². The van der Waals surface area contributed by atoms with Crippen LogP contribution in [0.5, 0.6) is 0 Å². The normalized spacial score (nSPS) is 18.6. The van der Waals surface area contributed by atoms with Gasteiger partial charge in [0.15, 0.2) is 0 Å². The number of primary amides is 1. The van der Waals surface area contributed by atoms with Gasteiger partial charge < -0.3 is 10.6 Å². The topological polar surface area (TPSA) is 88.2 Å². The van der Waals surface area contributed by atoms with Gasteiger partial charge in [-0.3, -0.25) is 9.69 Å². The lowest BCUT2D eigenvalue weighted by Crippen LogP contribution is -2.54. The lowest BCUT2D eigenvalue weighted by molar-refractivity contribution is -0.119. The van der Waals surface area contributed by atoms with Crippen LogP contribution in [0.15, 0.2) is 30.5 Å². The number of benzene rings is 1. The molecule has 0 aliphatic carbocycles. The molecule has 0 unspecified atom stereocenters. The van der Waals surface area contributed by atoms with E-state index in [2.05, 4.69) is 31.9 Å². The Hall–Kier alpha value is -2.25. The van der Waals surface area contributed by atoms with Crippen molar-refractivity contribution in [2.75, 3.05) is 31.1 Å². The molecule has 2 aromatic rings. The van der Waals surface area contributed by atoms with E-state index >= 15 is 0 Å². The summed E-state index contributed by atoms with van der Waals surface area (Å²) in [6.45, 7) is 4.52. The number of carbonyl (C=O) groups is 1. The molecule has 1 atom stereocenters. The highest BCUT2D eigenvalue weighted by molar-refractivity contribution is 6.30. The molecular formula is C16H19ClN6O. The third kappa shape index (κ3) is 3.80. The molecule has 8 heteroatoms. The van der Waals surface area contributed by atoms with E-state index in [-0.39, 0.29) is 18.5 Å². The SMILES string of the molecule is C[C@@H]1CN(c2nncc(-c3ccc(Cl)cc3)n2)CCN1CC(N)=O. The Bertz CT molecular complexity index is 723. The van der Waals surface area contributed by atoms with Gasteiger partial charge >= 0.3 is 0 Å². The third-order valence-corrected chi connectivity index (χ3v) is 4.35. The van der Waals surface area contributed by atoms with Crippen LogP contribution in [0, 0.1) is 0 Å². The molecule has 1 saturated heterocycles. The maximum atomic E-state index is 11.1. The summed E-state index contributed by atoms with van der Waals surface area (Å²) < 4.78 is 0. The zero-order valence-corrected chi connectivity index (χ0v) is 14.1. The molecule has 1 fully saturated rings. The van der Waals surface area contributed by atoms with Crippen molar-refractivity contribution in [1.29, 1.82) is 0 Å². The minimum absolute atomic E-state index is 0.189. The Morgan fingerprint density at radius 2 is 2.08 bits per heavy atom. The van der Waals surface area contributed by atoms with Gasteiger partial charge in [-0.1, -0.05) is 23.7 Å². The quantitative estimate of drug-likeness (QED) is 0.894. The summed E-state index contributed by atoms with van der Waals surface area (Å²) in [5.41, 5.74) is 6.98. The van der Waals surface area contributed by atoms with Gasteiger partial charge in [0.1, 0.15) is 0 Å². The molecule has 1 aliphatic rings. The Morgan fingerprint density at radius 3 is 2.75 bits per heavy atom. The zero-order valence-electron chi connectivity index (χ0n) is 13.4. The number of nitrogens with zero attached hydrogens (tertiary/aromatic N) is 5. The predicted octanol–water partition coefficient (Wildman–Crippen LogP) is 1.19. The first-order valence-corrected chi connectivity index (χ1v) is 8.13. The van der Waals surface area contributed by atoms with Crippen molar-refractivity contribution in [1.82, 2.24) is 20.1 Å².